The maximum atomic E-state index is 12.9. The van der Waals surface area contributed by atoms with Crippen LogP contribution in [0.1, 0.15) is 43.2 Å². The first-order chi connectivity index (χ1) is 17.7. The first kappa shape index (κ1) is 24.4. The van der Waals surface area contributed by atoms with Gasteiger partial charge in [0.1, 0.15) is 31.6 Å². The highest BCUT2D eigenvalue weighted by Gasteiger charge is 2.37. The third kappa shape index (κ3) is 6.29. The SMILES string of the molecule is O=C(Cn1cncn1)N1CCC2(CCCCc3ccccc3OCCN(Cc3ccncc3)C2)CC1. The van der Waals surface area contributed by atoms with Gasteiger partial charge in [0.05, 0.1) is 0 Å². The number of piperidine rings is 1. The number of nitrogens with zero attached hydrogens (tertiary/aromatic N) is 6. The Morgan fingerprint density at radius 1 is 0.972 bits per heavy atom. The zero-order chi connectivity index (χ0) is 24.6. The lowest BCUT2D eigenvalue weighted by molar-refractivity contribution is -0.134. The number of amides is 1. The lowest BCUT2D eigenvalue weighted by atomic mass is 9.73. The predicted octanol–water partition coefficient (Wildman–Crippen LogP) is 3.59. The number of likely N-dealkylation sites (tertiary alicyclic amines) is 1. The lowest BCUT2D eigenvalue weighted by Crippen LogP contribution is -2.49. The van der Waals surface area contributed by atoms with Crippen LogP contribution in [0.3, 0.4) is 0 Å². The molecule has 0 unspecified atom stereocenters. The zero-order valence-corrected chi connectivity index (χ0v) is 21.0. The zero-order valence-electron chi connectivity index (χ0n) is 21.0. The normalized spacial score (nSPS) is 19.1. The summed E-state index contributed by atoms with van der Waals surface area (Å²) in [4.78, 5) is 25.6. The van der Waals surface area contributed by atoms with Crippen LogP contribution < -0.4 is 4.74 Å². The van der Waals surface area contributed by atoms with E-state index in [-0.39, 0.29) is 17.9 Å². The Morgan fingerprint density at radius 3 is 2.61 bits per heavy atom. The molecule has 0 N–H and O–H groups in total. The average Bonchev–Trinajstić information content (AvgIpc) is 3.41. The van der Waals surface area contributed by atoms with Crippen LogP contribution in [0.5, 0.6) is 5.75 Å². The maximum absolute atomic E-state index is 12.9. The van der Waals surface area contributed by atoms with E-state index in [1.54, 1.807) is 11.0 Å². The second-order valence-corrected chi connectivity index (χ2v) is 10.2. The van der Waals surface area contributed by atoms with Crippen molar-refractivity contribution in [1.82, 2.24) is 29.5 Å². The minimum Gasteiger partial charge on any atom is -0.492 e. The van der Waals surface area contributed by atoms with Gasteiger partial charge < -0.3 is 9.64 Å². The molecule has 2 aromatic heterocycles. The van der Waals surface area contributed by atoms with Crippen LogP contribution in [0.4, 0.5) is 0 Å². The van der Waals surface area contributed by atoms with Gasteiger partial charge in [-0.3, -0.25) is 14.7 Å². The van der Waals surface area contributed by atoms with Gasteiger partial charge in [-0.2, -0.15) is 5.10 Å². The minimum atomic E-state index is 0.127. The van der Waals surface area contributed by atoms with Crippen molar-refractivity contribution in [1.29, 1.82) is 0 Å². The maximum Gasteiger partial charge on any atom is 0.244 e. The summed E-state index contributed by atoms with van der Waals surface area (Å²) in [6, 6.07) is 12.7. The van der Waals surface area contributed by atoms with Crippen molar-refractivity contribution in [2.45, 2.75) is 51.6 Å². The third-order valence-electron chi connectivity index (χ3n) is 7.70. The molecule has 3 aromatic rings. The molecule has 4 heterocycles. The molecule has 0 aliphatic carbocycles. The molecular weight excluding hydrogens is 452 g/mol. The van der Waals surface area contributed by atoms with Gasteiger partial charge in [0.2, 0.25) is 5.91 Å². The number of benzene rings is 1. The van der Waals surface area contributed by atoms with E-state index in [1.165, 1.54) is 30.3 Å². The van der Waals surface area contributed by atoms with E-state index >= 15 is 0 Å². The number of aromatic nitrogens is 4. The van der Waals surface area contributed by atoms with E-state index < -0.39 is 0 Å². The number of hydrogen-bond acceptors (Lipinski definition) is 6. The number of fused-ring (bicyclic) bond motifs is 1. The summed E-state index contributed by atoms with van der Waals surface area (Å²) in [6.45, 7) is 5.30. The van der Waals surface area contributed by atoms with Gasteiger partial charge in [0, 0.05) is 45.1 Å². The van der Waals surface area contributed by atoms with Crippen LogP contribution >= 0.6 is 0 Å². The molecule has 1 fully saturated rings. The van der Waals surface area contributed by atoms with Crippen molar-refractivity contribution in [2.24, 2.45) is 5.41 Å². The van der Waals surface area contributed by atoms with E-state index in [9.17, 15) is 4.79 Å². The van der Waals surface area contributed by atoms with E-state index in [2.05, 4.69) is 56.4 Å². The van der Waals surface area contributed by atoms with Gasteiger partial charge in [-0.25, -0.2) is 9.67 Å². The highest BCUT2D eigenvalue weighted by Crippen LogP contribution is 2.38. The van der Waals surface area contributed by atoms with Crippen molar-refractivity contribution < 1.29 is 9.53 Å². The number of rotatable bonds is 4. The molecule has 2 aliphatic rings. The van der Waals surface area contributed by atoms with E-state index in [4.69, 9.17) is 4.74 Å². The Labute approximate surface area is 213 Å². The molecule has 0 saturated carbocycles. The summed E-state index contributed by atoms with van der Waals surface area (Å²) in [5.74, 6) is 1.15. The summed E-state index contributed by atoms with van der Waals surface area (Å²) in [5, 5.41) is 4.09. The molecule has 5 rings (SSSR count). The van der Waals surface area contributed by atoms with Crippen molar-refractivity contribution in [3.63, 3.8) is 0 Å². The van der Waals surface area contributed by atoms with Crippen LogP contribution in [0.15, 0.2) is 61.4 Å². The smallest absolute Gasteiger partial charge is 0.244 e. The molecule has 8 nitrogen and oxygen atoms in total. The molecule has 1 spiro atoms. The number of aryl methyl sites for hydroxylation is 1. The van der Waals surface area contributed by atoms with Crippen molar-refractivity contribution in [3.8, 4) is 5.75 Å². The summed E-state index contributed by atoms with van der Waals surface area (Å²) < 4.78 is 7.89. The van der Waals surface area contributed by atoms with Crippen LogP contribution in [-0.4, -0.2) is 68.2 Å². The summed E-state index contributed by atoms with van der Waals surface area (Å²) in [7, 11) is 0. The summed E-state index contributed by atoms with van der Waals surface area (Å²) in [6.07, 6.45) is 13.5. The number of carbonyl (C=O) groups excluding carboxylic acids is 1. The fourth-order valence-electron chi connectivity index (χ4n) is 5.66. The van der Waals surface area contributed by atoms with Crippen LogP contribution in [-0.2, 0) is 24.3 Å². The number of ether oxygens (including phenoxy) is 1. The molecule has 36 heavy (non-hydrogen) atoms. The molecule has 0 bridgehead atoms. The van der Waals surface area contributed by atoms with Gasteiger partial charge >= 0.3 is 0 Å². The summed E-state index contributed by atoms with van der Waals surface area (Å²) in [5.41, 5.74) is 2.78. The highest BCUT2D eigenvalue weighted by atomic mass is 16.5. The quantitative estimate of drug-likeness (QED) is 0.559. The molecule has 190 valence electrons. The van der Waals surface area contributed by atoms with Gasteiger partial charge in [-0.1, -0.05) is 24.6 Å². The standard InChI is InChI=1S/C28H36N6O2/c35-27(20-34-23-30-22-31-34)33-15-11-28(12-16-33)10-4-3-6-25-5-1-2-7-26(25)36-18-17-32(21-28)19-24-8-13-29-14-9-24/h1-2,5,7-9,13-14,22-23H,3-4,6,10-12,15-21H2. The van der Waals surface area contributed by atoms with Gasteiger partial charge in [0.25, 0.3) is 0 Å². The molecule has 2 aliphatic heterocycles. The highest BCUT2D eigenvalue weighted by molar-refractivity contribution is 5.76. The van der Waals surface area contributed by atoms with Gasteiger partial charge in [-0.15, -0.1) is 0 Å². The fourth-order valence-corrected chi connectivity index (χ4v) is 5.66. The van der Waals surface area contributed by atoms with Crippen molar-refractivity contribution in [2.75, 3.05) is 32.8 Å². The Bertz CT molecular complexity index is 1100. The minimum absolute atomic E-state index is 0.127. The Kier molecular flexibility index (Phi) is 7.91. The van der Waals surface area contributed by atoms with Crippen LogP contribution in [0.2, 0.25) is 0 Å². The molecule has 1 amide bonds. The molecule has 1 saturated heterocycles. The second-order valence-electron chi connectivity index (χ2n) is 10.2. The topological polar surface area (TPSA) is 76.4 Å². The lowest BCUT2D eigenvalue weighted by Gasteiger charge is -2.45. The van der Waals surface area contributed by atoms with Crippen molar-refractivity contribution >= 4 is 5.91 Å². The van der Waals surface area contributed by atoms with Crippen LogP contribution in [0, 0.1) is 5.41 Å². The van der Waals surface area contributed by atoms with E-state index in [1.807, 2.05) is 17.3 Å². The second kappa shape index (κ2) is 11.6. The van der Waals surface area contributed by atoms with E-state index in [0.29, 0.717) is 6.61 Å². The number of hydrogen-bond donors (Lipinski definition) is 0. The molecule has 0 atom stereocenters. The van der Waals surface area contributed by atoms with Crippen LogP contribution in [0.25, 0.3) is 0 Å². The first-order valence-electron chi connectivity index (χ1n) is 13.1. The number of pyridine rings is 1. The molecular formula is C28H36N6O2. The van der Waals surface area contributed by atoms with Gasteiger partial charge in [-0.05, 0) is 66.8 Å². The Hall–Kier alpha value is -3.26. The fraction of sp³-hybridized carbons (Fsp3) is 0.500. The largest absolute Gasteiger partial charge is 0.492 e. The molecule has 0 radical (unpaired) electrons. The number of para-hydroxylation sites is 1. The average molecular weight is 489 g/mol. The first-order valence-corrected chi connectivity index (χ1v) is 13.1. The Balaban J connectivity index is 1.30. The summed E-state index contributed by atoms with van der Waals surface area (Å²) >= 11 is 0. The van der Waals surface area contributed by atoms with E-state index in [0.717, 1.165) is 64.2 Å². The Morgan fingerprint density at radius 2 is 1.81 bits per heavy atom. The molecule has 1 aromatic carbocycles. The predicted molar refractivity (Wildman–Crippen MR) is 137 cm³/mol. The number of carbonyl (C=O) groups is 1. The molecule has 8 heteroatoms. The monoisotopic (exact) mass is 488 g/mol. The van der Waals surface area contributed by atoms with Crippen molar-refractivity contribution in [3.05, 3.63) is 72.6 Å². The third-order valence-corrected chi connectivity index (χ3v) is 7.70. The van der Waals surface area contributed by atoms with Gasteiger partial charge in [0.15, 0.2) is 0 Å².